The summed E-state index contributed by atoms with van der Waals surface area (Å²) in [5.41, 5.74) is 5.88. The van der Waals surface area contributed by atoms with Gasteiger partial charge in [0.2, 0.25) is 5.91 Å². The monoisotopic (exact) mass is 499 g/mol. The molecule has 7 N–H and O–H groups in total. The number of halogens is 4. The Labute approximate surface area is 199 Å². The lowest BCUT2D eigenvalue weighted by molar-refractivity contribution is -0.137. The van der Waals surface area contributed by atoms with Crippen molar-refractivity contribution < 1.29 is 27.6 Å². The molecule has 0 saturated carbocycles. The van der Waals surface area contributed by atoms with Gasteiger partial charge in [-0.05, 0) is 41.3 Å². The van der Waals surface area contributed by atoms with Gasteiger partial charge in [-0.25, -0.2) is 5.84 Å². The molecular formula is C22H25ClF3N5O3. The van der Waals surface area contributed by atoms with Gasteiger partial charge in [0, 0.05) is 5.56 Å². The first kappa shape index (κ1) is 26.9. The summed E-state index contributed by atoms with van der Waals surface area (Å²) in [7, 11) is 0. The third kappa shape index (κ3) is 6.61. The average molecular weight is 500 g/mol. The summed E-state index contributed by atoms with van der Waals surface area (Å²) in [5.74, 6) is 2.79. The van der Waals surface area contributed by atoms with Gasteiger partial charge in [-0.2, -0.15) is 13.2 Å². The summed E-state index contributed by atoms with van der Waals surface area (Å²) in [6, 6.07) is 5.37. The molecule has 0 fully saturated rings. The van der Waals surface area contributed by atoms with Gasteiger partial charge >= 0.3 is 6.18 Å². The first-order chi connectivity index (χ1) is 15.6. The summed E-state index contributed by atoms with van der Waals surface area (Å²) in [6.45, 7) is 4.99. The maximum atomic E-state index is 13.1. The number of carbonyl (C=O) groups excluding carboxylic acids is 3. The fourth-order valence-electron chi connectivity index (χ4n) is 3.06. The van der Waals surface area contributed by atoms with Crippen LogP contribution in [0.5, 0.6) is 0 Å². The van der Waals surface area contributed by atoms with Gasteiger partial charge in [-0.1, -0.05) is 44.5 Å². The van der Waals surface area contributed by atoms with Gasteiger partial charge in [-0.3, -0.25) is 19.8 Å². The molecule has 0 aliphatic heterocycles. The zero-order valence-electron chi connectivity index (χ0n) is 18.6. The van der Waals surface area contributed by atoms with Crippen LogP contribution in [0.4, 0.5) is 18.9 Å². The number of nitrogen functional groups attached to an aromatic ring is 1. The Balaban J connectivity index is 2.35. The number of hydrazine groups is 1. The summed E-state index contributed by atoms with van der Waals surface area (Å²) < 4.78 is 39.4. The largest absolute Gasteiger partial charge is 0.416 e. The standard InChI is InChI=1S/C22H25ClF3N5O3/c1-21(2,3)17(30-18(32)12-7-8-15(27)14(23)10-12)20(34)29-16(19(33)31-28)11-5-4-6-13(9-11)22(24,25)26/h4-10,16-17H,27-28H2,1-3H3,(H,29,34)(H,30,32)(H,31,33)/t16?,17-/m1/s1. The van der Waals surface area contributed by atoms with Crippen LogP contribution in [-0.4, -0.2) is 23.8 Å². The van der Waals surface area contributed by atoms with Crippen LogP contribution in [0.2, 0.25) is 5.02 Å². The molecular weight excluding hydrogens is 475 g/mol. The lowest BCUT2D eigenvalue weighted by Crippen LogP contribution is -2.55. The minimum Gasteiger partial charge on any atom is -0.398 e. The van der Waals surface area contributed by atoms with Gasteiger partial charge in [0.1, 0.15) is 12.1 Å². The van der Waals surface area contributed by atoms with Crippen molar-refractivity contribution in [3.8, 4) is 0 Å². The lowest BCUT2D eigenvalue weighted by Gasteiger charge is -2.32. The van der Waals surface area contributed by atoms with E-state index in [1.54, 1.807) is 20.8 Å². The van der Waals surface area contributed by atoms with Crippen LogP contribution in [-0.2, 0) is 15.8 Å². The predicted molar refractivity (Wildman–Crippen MR) is 121 cm³/mol. The highest BCUT2D eigenvalue weighted by molar-refractivity contribution is 6.33. The van der Waals surface area contributed by atoms with E-state index >= 15 is 0 Å². The Morgan fingerprint density at radius 3 is 2.15 bits per heavy atom. The number of nitrogens with one attached hydrogen (secondary N) is 3. The van der Waals surface area contributed by atoms with E-state index in [-0.39, 0.29) is 21.8 Å². The normalized spacial score (nSPS) is 13.5. The number of carbonyl (C=O) groups is 3. The van der Waals surface area contributed by atoms with Gasteiger partial charge in [0.05, 0.1) is 16.3 Å². The van der Waals surface area contributed by atoms with Crippen molar-refractivity contribution in [2.75, 3.05) is 5.73 Å². The Morgan fingerprint density at radius 2 is 1.62 bits per heavy atom. The molecule has 0 aliphatic carbocycles. The van der Waals surface area contributed by atoms with E-state index in [1.165, 1.54) is 24.3 Å². The van der Waals surface area contributed by atoms with Crippen LogP contribution >= 0.6 is 11.6 Å². The van der Waals surface area contributed by atoms with Gasteiger partial charge in [0.15, 0.2) is 0 Å². The highest BCUT2D eigenvalue weighted by Gasteiger charge is 2.36. The maximum absolute atomic E-state index is 13.1. The molecule has 3 amide bonds. The molecule has 0 spiro atoms. The zero-order valence-corrected chi connectivity index (χ0v) is 19.3. The van der Waals surface area contributed by atoms with Crippen molar-refractivity contribution in [3.05, 3.63) is 64.2 Å². The first-order valence-electron chi connectivity index (χ1n) is 9.99. The molecule has 1 unspecified atom stereocenters. The van der Waals surface area contributed by atoms with E-state index in [4.69, 9.17) is 23.2 Å². The molecule has 2 aromatic rings. The highest BCUT2D eigenvalue weighted by atomic mass is 35.5. The van der Waals surface area contributed by atoms with Crippen LogP contribution in [0.3, 0.4) is 0 Å². The number of amides is 3. The van der Waals surface area contributed by atoms with E-state index in [0.717, 1.165) is 18.2 Å². The van der Waals surface area contributed by atoms with Crippen molar-refractivity contribution in [2.24, 2.45) is 11.3 Å². The molecule has 34 heavy (non-hydrogen) atoms. The Hall–Kier alpha value is -3.31. The molecule has 0 saturated heterocycles. The predicted octanol–water partition coefficient (Wildman–Crippen LogP) is 2.93. The van der Waals surface area contributed by atoms with E-state index < -0.39 is 47.0 Å². The summed E-state index contributed by atoms with van der Waals surface area (Å²) in [4.78, 5) is 38.3. The maximum Gasteiger partial charge on any atom is 0.416 e. The molecule has 2 aromatic carbocycles. The zero-order chi connectivity index (χ0) is 25.8. The summed E-state index contributed by atoms with van der Waals surface area (Å²) in [5, 5.41) is 5.11. The average Bonchev–Trinajstić information content (AvgIpc) is 2.75. The Kier molecular flexibility index (Phi) is 8.17. The molecule has 0 aromatic heterocycles. The summed E-state index contributed by atoms with van der Waals surface area (Å²) >= 11 is 5.96. The lowest BCUT2D eigenvalue weighted by atomic mass is 9.85. The minimum atomic E-state index is -4.66. The van der Waals surface area contributed by atoms with E-state index in [1.807, 2.05) is 5.43 Å². The molecule has 8 nitrogen and oxygen atoms in total. The van der Waals surface area contributed by atoms with E-state index in [2.05, 4.69) is 10.6 Å². The second-order valence-electron chi connectivity index (χ2n) is 8.58. The minimum absolute atomic E-state index is 0.135. The number of nitrogens with two attached hydrogens (primary N) is 2. The molecule has 184 valence electrons. The third-order valence-corrected chi connectivity index (χ3v) is 5.23. The SMILES string of the molecule is CC(C)(C)[C@H](NC(=O)c1ccc(N)c(Cl)c1)C(=O)NC(C(=O)NN)c1cccc(C(F)(F)F)c1. The smallest absolute Gasteiger partial charge is 0.398 e. The van der Waals surface area contributed by atoms with Gasteiger partial charge in [0.25, 0.3) is 11.8 Å². The van der Waals surface area contributed by atoms with Crippen LogP contribution in [0.1, 0.15) is 48.3 Å². The van der Waals surface area contributed by atoms with Crippen molar-refractivity contribution in [1.29, 1.82) is 0 Å². The van der Waals surface area contributed by atoms with Crippen LogP contribution in [0.15, 0.2) is 42.5 Å². The molecule has 2 atom stereocenters. The number of alkyl halides is 3. The number of rotatable bonds is 6. The van der Waals surface area contributed by atoms with Crippen LogP contribution in [0.25, 0.3) is 0 Å². The second kappa shape index (κ2) is 10.3. The second-order valence-corrected chi connectivity index (χ2v) is 8.99. The molecule has 0 aliphatic rings. The van der Waals surface area contributed by atoms with Crippen molar-refractivity contribution in [1.82, 2.24) is 16.1 Å². The number of hydrogen-bond acceptors (Lipinski definition) is 5. The Bertz CT molecular complexity index is 1090. The molecule has 12 heteroatoms. The fourth-order valence-corrected chi connectivity index (χ4v) is 3.24. The first-order valence-corrected chi connectivity index (χ1v) is 10.4. The number of benzene rings is 2. The fraction of sp³-hybridized carbons (Fsp3) is 0.318. The van der Waals surface area contributed by atoms with Gasteiger partial charge < -0.3 is 16.4 Å². The summed E-state index contributed by atoms with van der Waals surface area (Å²) in [6.07, 6.45) is -4.66. The molecule has 2 rings (SSSR count). The van der Waals surface area contributed by atoms with E-state index in [9.17, 15) is 27.6 Å². The highest BCUT2D eigenvalue weighted by Crippen LogP contribution is 2.31. The van der Waals surface area contributed by atoms with Crippen LogP contribution < -0.4 is 27.6 Å². The Morgan fingerprint density at radius 1 is 0.971 bits per heavy atom. The number of hydrogen-bond donors (Lipinski definition) is 5. The van der Waals surface area contributed by atoms with Crippen LogP contribution in [0, 0.1) is 5.41 Å². The van der Waals surface area contributed by atoms with Crippen molar-refractivity contribution in [2.45, 2.75) is 39.0 Å². The number of anilines is 1. The third-order valence-electron chi connectivity index (χ3n) is 4.90. The topological polar surface area (TPSA) is 139 Å². The van der Waals surface area contributed by atoms with Gasteiger partial charge in [-0.15, -0.1) is 0 Å². The molecule has 0 radical (unpaired) electrons. The molecule has 0 heterocycles. The van der Waals surface area contributed by atoms with Crippen molar-refractivity contribution in [3.63, 3.8) is 0 Å². The quantitative estimate of drug-likeness (QED) is 0.180. The van der Waals surface area contributed by atoms with E-state index in [0.29, 0.717) is 0 Å². The van der Waals surface area contributed by atoms with Crippen molar-refractivity contribution >= 4 is 35.0 Å². The molecule has 0 bridgehead atoms.